The summed E-state index contributed by atoms with van der Waals surface area (Å²) in [5, 5.41) is 6.03. The van der Waals surface area contributed by atoms with E-state index in [-0.39, 0.29) is 11.7 Å². The van der Waals surface area contributed by atoms with Gasteiger partial charge in [0.25, 0.3) is 0 Å². The number of hydrogen-bond donors (Lipinski definition) is 2. The van der Waals surface area contributed by atoms with Crippen LogP contribution in [0.5, 0.6) is 0 Å². The number of nitrogens with one attached hydrogen (secondary N) is 2. The molecule has 3 aromatic rings. The van der Waals surface area contributed by atoms with E-state index in [0.717, 1.165) is 16.8 Å². The van der Waals surface area contributed by atoms with Crippen molar-refractivity contribution in [3.05, 3.63) is 58.4 Å². The molecule has 0 unspecified atom stereocenters. The van der Waals surface area contributed by atoms with Crippen LogP contribution >= 0.6 is 11.3 Å². The lowest BCUT2D eigenvalue weighted by Gasteiger charge is -2.04. The quantitative estimate of drug-likeness (QED) is 0.610. The zero-order chi connectivity index (χ0) is 16.8. The van der Waals surface area contributed by atoms with E-state index in [0.29, 0.717) is 25.8 Å². The van der Waals surface area contributed by atoms with Gasteiger partial charge in [-0.15, -0.1) is 11.3 Å². The van der Waals surface area contributed by atoms with Crippen LogP contribution in [-0.4, -0.2) is 23.2 Å². The summed E-state index contributed by atoms with van der Waals surface area (Å²) in [5.41, 5.74) is 2.32. The molecule has 2 heterocycles. The summed E-state index contributed by atoms with van der Waals surface area (Å²) in [6, 6.07) is 11.8. The highest BCUT2D eigenvalue weighted by molar-refractivity contribution is 7.12. The Morgan fingerprint density at radius 3 is 2.79 bits per heavy atom. The molecule has 5 heteroatoms. The highest BCUT2D eigenvalue weighted by Gasteiger charge is 2.09. The molecule has 0 fully saturated rings. The SMILES string of the molecule is O=C(CCCC(=O)c1cccs1)NCCc1c[nH]c2ccccc12. The van der Waals surface area contributed by atoms with Crippen LogP contribution in [-0.2, 0) is 11.2 Å². The number of amides is 1. The summed E-state index contributed by atoms with van der Waals surface area (Å²) in [6.45, 7) is 0.611. The summed E-state index contributed by atoms with van der Waals surface area (Å²) < 4.78 is 0. The van der Waals surface area contributed by atoms with Crippen molar-refractivity contribution < 1.29 is 9.59 Å². The lowest BCUT2D eigenvalue weighted by Crippen LogP contribution is -2.25. The monoisotopic (exact) mass is 340 g/mol. The van der Waals surface area contributed by atoms with Crippen molar-refractivity contribution in [2.45, 2.75) is 25.7 Å². The van der Waals surface area contributed by atoms with Crippen molar-refractivity contribution in [1.82, 2.24) is 10.3 Å². The topological polar surface area (TPSA) is 62.0 Å². The Bertz CT molecular complexity index is 821. The van der Waals surface area contributed by atoms with Gasteiger partial charge in [0.2, 0.25) is 5.91 Å². The number of aromatic amines is 1. The third-order valence-electron chi connectivity index (χ3n) is 4.00. The van der Waals surface area contributed by atoms with E-state index in [2.05, 4.69) is 16.4 Å². The van der Waals surface area contributed by atoms with E-state index in [1.165, 1.54) is 22.3 Å². The van der Waals surface area contributed by atoms with Crippen LogP contribution in [0.3, 0.4) is 0 Å². The Morgan fingerprint density at radius 1 is 1.08 bits per heavy atom. The Hall–Kier alpha value is -2.40. The van der Waals surface area contributed by atoms with E-state index in [9.17, 15) is 9.59 Å². The molecule has 1 aromatic carbocycles. The summed E-state index contributed by atoms with van der Waals surface area (Å²) in [4.78, 5) is 27.7. The number of aromatic nitrogens is 1. The van der Waals surface area contributed by atoms with Crippen LogP contribution in [0.25, 0.3) is 10.9 Å². The predicted molar refractivity (Wildman–Crippen MR) is 97.5 cm³/mol. The average Bonchev–Trinajstić information content (AvgIpc) is 3.25. The maximum absolute atomic E-state index is 11.9. The Morgan fingerprint density at radius 2 is 1.96 bits per heavy atom. The first-order chi connectivity index (χ1) is 11.7. The van der Waals surface area contributed by atoms with Crippen molar-refractivity contribution in [2.75, 3.05) is 6.54 Å². The molecule has 0 aliphatic heterocycles. The largest absolute Gasteiger partial charge is 0.361 e. The number of hydrogen-bond acceptors (Lipinski definition) is 3. The maximum Gasteiger partial charge on any atom is 0.220 e. The number of fused-ring (bicyclic) bond motifs is 1. The van der Waals surface area contributed by atoms with Gasteiger partial charge in [-0.2, -0.15) is 0 Å². The Labute approximate surface area is 144 Å². The normalized spacial score (nSPS) is 10.8. The minimum Gasteiger partial charge on any atom is -0.361 e. The first kappa shape index (κ1) is 16.5. The number of para-hydroxylation sites is 1. The number of carbonyl (C=O) groups excluding carboxylic acids is 2. The smallest absolute Gasteiger partial charge is 0.220 e. The summed E-state index contributed by atoms with van der Waals surface area (Å²) in [5.74, 6) is 0.130. The second kappa shape index (κ2) is 7.93. The van der Waals surface area contributed by atoms with Gasteiger partial charge in [-0.3, -0.25) is 9.59 Å². The molecule has 1 amide bonds. The van der Waals surface area contributed by atoms with Crippen LogP contribution in [0, 0.1) is 0 Å². The average molecular weight is 340 g/mol. The molecule has 0 radical (unpaired) electrons. The number of ketones is 1. The fourth-order valence-electron chi connectivity index (χ4n) is 2.73. The Balaban J connectivity index is 1.37. The molecule has 3 rings (SSSR count). The highest BCUT2D eigenvalue weighted by Crippen LogP contribution is 2.17. The lowest BCUT2D eigenvalue weighted by molar-refractivity contribution is -0.121. The molecule has 2 aromatic heterocycles. The lowest BCUT2D eigenvalue weighted by atomic mass is 10.1. The zero-order valence-corrected chi connectivity index (χ0v) is 14.2. The molecular formula is C19H20N2O2S. The van der Waals surface area contributed by atoms with Gasteiger partial charge in [0.05, 0.1) is 4.88 Å². The molecule has 124 valence electrons. The number of H-pyrrole nitrogens is 1. The second-order valence-corrected chi connectivity index (χ2v) is 6.66. The van der Waals surface area contributed by atoms with Gasteiger partial charge in [-0.1, -0.05) is 24.3 Å². The van der Waals surface area contributed by atoms with Crippen LogP contribution in [0.2, 0.25) is 0 Å². The van der Waals surface area contributed by atoms with Gasteiger partial charge in [0.15, 0.2) is 5.78 Å². The molecule has 24 heavy (non-hydrogen) atoms. The van der Waals surface area contributed by atoms with Gasteiger partial charge >= 0.3 is 0 Å². The van der Waals surface area contributed by atoms with Crippen molar-refractivity contribution in [3.8, 4) is 0 Å². The first-order valence-electron chi connectivity index (χ1n) is 8.12. The molecule has 0 saturated carbocycles. The van der Waals surface area contributed by atoms with Gasteiger partial charge in [0.1, 0.15) is 0 Å². The molecule has 0 aliphatic rings. The maximum atomic E-state index is 11.9. The van der Waals surface area contributed by atoms with Gasteiger partial charge in [-0.05, 0) is 35.9 Å². The van der Waals surface area contributed by atoms with Crippen molar-refractivity contribution in [2.24, 2.45) is 0 Å². The van der Waals surface area contributed by atoms with Crippen LogP contribution in [0.4, 0.5) is 0 Å². The van der Waals surface area contributed by atoms with Crippen LogP contribution in [0.1, 0.15) is 34.5 Å². The van der Waals surface area contributed by atoms with E-state index < -0.39 is 0 Å². The summed E-state index contributed by atoms with van der Waals surface area (Å²) in [7, 11) is 0. The molecule has 0 spiro atoms. The molecule has 0 saturated heterocycles. The minimum atomic E-state index is 0.00817. The van der Waals surface area contributed by atoms with Crippen molar-refractivity contribution in [1.29, 1.82) is 0 Å². The minimum absolute atomic E-state index is 0.00817. The van der Waals surface area contributed by atoms with Gasteiger partial charge < -0.3 is 10.3 Å². The van der Waals surface area contributed by atoms with Crippen LogP contribution < -0.4 is 5.32 Å². The predicted octanol–water partition coefficient (Wildman–Crippen LogP) is 3.94. The zero-order valence-electron chi connectivity index (χ0n) is 13.4. The third kappa shape index (κ3) is 4.11. The molecule has 0 bridgehead atoms. The van der Waals surface area contributed by atoms with Gasteiger partial charge in [0, 0.05) is 36.5 Å². The van der Waals surface area contributed by atoms with Crippen LogP contribution in [0.15, 0.2) is 48.0 Å². The second-order valence-electron chi connectivity index (χ2n) is 5.71. The van der Waals surface area contributed by atoms with Crippen molar-refractivity contribution >= 4 is 33.9 Å². The summed E-state index contributed by atoms with van der Waals surface area (Å²) in [6.07, 6.45) is 4.21. The van der Waals surface area contributed by atoms with E-state index in [4.69, 9.17) is 0 Å². The third-order valence-corrected chi connectivity index (χ3v) is 4.91. The summed E-state index contributed by atoms with van der Waals surface area (Å²) >= 11 is 1.45. The first-order valence-corrected chi connectivity index (χ1v) is 9.00. The molecule has 0 atom stereocenters. The highest BCUT2D eigenvalue weighted by atomic mass is 32.1. The number of Topliss-reactive ketones (excluding diaryl/α,β-unsaturated/α-hetero) is 1. The fraction of sp³-hybridized carbons (Fsp3) is 0.263. The Kier molecular flexibility index (Phi) is 5.43. The van der Waals surface area contributed by atoms with E-state index >= 15 is 0 Å². The number of benzene rings is 1. The van der Waals surface area contributed by atoms with E-state index in [1.54, 1.807) is 0 Å². The molecular weight excluding hydrogens is 320 g/mol. The number of carbonyl (C=O) groups is 2. The molecule has 2 N–H and O–H groups in total. The number of rotatable bonds is 8. The van der Waals surface area contributed by atoms with E-state index in [1.807, 2.05) is 41.9 Å². The number of thiophene rings is 1. The fourth-order valence-corrected chi connectivity index (χ4v) is 3.43. The molecule has 4 nitrogen and oxygen atoms in total. The molecule has 0 aliphatic carbocycles. The standard InChI is InChI=1S/C19H20N2O2S/c22-17(18-8-4-12-24-18)7-3-9-19(23)20-11-10-14-13-21-16-6-2-1-5-15(14)16/h1-2,4-6,8,12-13,21H,3,7,9-11H2,(H,20,23). The van der Waals surface area contributed by atoms with Gasteiger partial charge in [-0.25, -0.2) is 0 Å². The van der Waals surface area contributed by atoms with Crippen molar-refractivity contribution in [3.63, 3.8) is 0 Å².